The Labute approximate surface area is 120 Å². The summed E-state index contributed by atoms with van der Waals surface area (Å²) in [7, 11) is -3.70. The number of carbonyl (C=O) groups is 1. The first kappa shape index (κ1) is 15.7. The highest BCUT2D eigenvalue weighted by atomic mass is 32.2. The molecule has 0 radical (unpaired) electrons. The zero-order valence-corrected chi connectivity index (χ0v) is 13.0. The molecule has 116 valence electrons. The van der Waals surface area contributed by atoms with E-state index < -0.39 is 21.7 Å². The molecular weight excluding hydrogens is 280 g/mol. The summed E-state index contributed by atoms with van der Waals surface area (Å²) in [6.07, 6.45) is 4.58. The zero-order valence-electron chi connectivity index (χ0n) is 12.2. The van der Waals surface area contributed by atoms with Gasteiger partial charge in [-0.3, -0.25) is 4.79 Å². The second-order valence-electron chi connectivity index (χ2n) is 6.07. The number of carboxylic acid groups (broad SMARTS) is 1. The predicted octanol–water partition coefficient (Wildman–Crippen LogP) is 1.43. The summed E-state index contributed by atoms with van der Waals surface area (Å²) in [5.74, 6) is -1.05. The Morgan fingerprint density at radius 1 is 1.20 bits per heavy atom. The molecule has 0 bridgehead atoms. The van der Waals surface area contributed by atoms with E-state index in [-0.39, 0.29) is 6.04 Å². The van der Waals surface area contributed by atoms with Crippen LogP contribution >= 0.6 is 0 Å². The van der Waals surface area contributed by atoms with Gasteiger partial charge < -0.3 is 5.11 Å². The number of piperidine rings is 2. The van der Waals surface area contributed by atoms with Crippen LogP contribution in [0.4, 0.5) is 0 Å². The van der Waals surface area contributed by atoms with Gasteiger partial charge in [0.2, 0.25) is 0 Å². The van der Waals surface area contributed by atoms with Crippen molar-refractivity contribution in [3.63, 3.8) is 0 Å². The number of aliphatic carboxylic acids is 1. The van der Waals surface area contributed by atoms with Gasteiger partial charge in [0.15, 0.2) is 0 Å². The van der Waals surface area contributed by atoms with E-state index in [1.165, 1.54) is 15.5 Å². The third-order valence-electron chi connectivity index (χ3n) is 4.60. The van der Waals surface area contributed by atoms with Crippen LogP contribution in [0.25, 0.3) is 0 Å². The van der Waals surface area contributed by atoms with Gasteiger partial charge in [0, 0.05) is 19.1 Å². The van der Waals surface area contributed by atoms with E-state index in [1.54, 1.807) is 0 Å². The molecule has 0 amide bonds. The van der Waals surface area contributed by atoms with Crippen molar-refractivity contribution in [2.24, 2.45) is 0 Å². The summed E-state index contributed by atoms with van der Waals surface area (Å²) in [5, 5.41) is 9.47. The van der Waals surface area contributed by atoms with Gasteiger partial charge in [0.05, 0.1) is 0 Å². The minimum atomic E-state index is -3.70. The maximum Gasteiger partial charge on any atom is 0.324 e. The predicted molar refractivity (Wildman–Crippen MR) is 75.5 cm³/mol. The molecule has 0 spiro atoms. The highest BCUT2D eigenvalue weighted by molar-refractivity contribution is 7.86. The molecule has 0 aromatic rings. The largest absolute Gasteiger partial charge is 0.480 e. The fraction of sp³-hybridized carbons (Fsp3) is 0.923. The molecule has 6 nitrogen and oxygen atoms in total. The molecular formula is C13H24N2O4S. The Balaban J connectivity index is 2.33. The molecule has 0 aliphatic carbocycles. The second-order valence-corrected chi connectivity index (χ2v) is 7.88. The third-order valence-corrected chi connectivity index (χ3v) is 6.88. The highest BCUT2D eigenvalue weighted by Crippen LogP contribution is 2.34. The van der Waals surface area contributed by atoms with E-state index >= 15 is 0 Å². The quantitative estimate of drug-likeness (QED) is 0.855. The molecule has 2 saturated heterocycles. The average molecular weight is 304 g/mol. The first-order valence-corrected chi connectivity index (χ1v) is 8.73. The third kappa shape index (κ3) is 2.58. The van der Waals surface area contributed by atoms with Crippen molar-refractivity contribution in [3.8, 4) is 0 Å². The molecule has 2 atom stereocenters. The van der Waals surface area contributed by atoms with Crippen LogP contribution in [0.5, 0.6) is 0 Å². The van der Waals surface area contributed by atoms with Crippen LogP contribution in [0.1, 0.15) is 52.4 Å². The van der Waals surface area contributed by atoms with Gasteiger partial charge in [-0.05, 0) is 46.0 Å². The van der Waals surface area contributed by atoms with E-state index in [0.717, 1.165) is 32.1 Å². The number of hydrogen-bond donors (Lipinski definition) is 1. The van der Waals surface area contributed by atoms with Crippen LogP contribution in [-0.2, 0) is 15.0 Å². The van der Waals surface area contributed by atoms with Crippen molar-refractivity contribution < 1.29 is 18.3 Å². The topological polar surface area (TPSA) is 77.9 Å². The maximum absolute atomic E-state index is 12.9. The first-order valence-electron chi connectivity index (χ1n) is 7.33. The summed E-state index contributed by atoms with van der Waals surface area (Å²) in [6.45, 7) is 4.23. The lowest BCUT2D eigenvalue weighted by Gasteiger charge is -2.44. The molecule has 2 rings (SSSR count). The second kappa shape index (κ2) is 5.61. The maximum atomic E-state index is 12.9. The van der Waals surface area contributed by atoms with E-state index in [2.05, 4.69) is 0 Å². The van der Waals surface area contributed by atoms with Gasteiger partial charge in [-0.1, -0.05) is 6.42 Å². The van der Waals surface area contributed by atoms with Crippen molar-refractivity contribution in [2.75, 3.05) is 13.1 Å². The number of carboxylic acids is 1. The first-order chi connectivity index (χ1) is 9.30. The van der Waals surface area contributed by atoms with E-state index in [1.807, 2.05) is 6.92 Å². The SMILES string of the molecule is CC1CCCCN1S(=O)(=O)N1CCCCC1(C)C(=O)O. The molecule has 20 heavy (non-hydrogen) atoms. The molecule has 2 aliphatic rings. The smallest absolute Gasteiger partial charge is 0.324 e. The normalized spacial score (nSPS) is 34.0. The van der Waals surface area contributed by atoms with Crippen LogP contribution < -0.4 is 0 Å². The number of hydrogen-bond acceptors (Lipinski definition) is 3. The van der Waals surface area contributed by atoms with Crippen molar-refractivity contribution in [1.82, 2.24) is 8.61 Å². The van der Waals surface area contributed by atoms with Gasteiger partial charge in [0.1, 0.15) is 5.54 Å². The van der Waals surface area contributed by atoms with Crippen molar-refractivity contribution >= 4 is 16.2 Å². The van der Waals surface area contributed by atoms with Crippen LogP contribution in [0.15, 0.2) is 0 Å². The Bertz CT molecular complexity index is 479. The van der Waals surface area contributed by atoms with Gasteiger partial charge in [-0.25, -0.2) is 0 Å². The zero-order chi connectivity index (χ0) is 15.0. The molecule has 1 N–H and O–H groups in total. The lowest BCUT2D eigenvalue weighted by Crippen LogP contribution is -2.62. The van der Waals surface area contributed by atoms with Crippen LogP contribution in [0.2, 0.25) is 0 Å². The summed E-state index contributed by atoms with van der Waals surface area (Å²) < 4.78 is 28.4. The van der Waals surface area contributed by atoms with Crippen LogP contribution in [-0.4, -0.2) is 52.8 Å². The molecule has 0 aromatic heterocycles. The lowest BCUT2D eigenvalue weighted by atomic mass is 9.91. The van der Waals surface area contributed by atoms with Gasteiger partial charge in [0.25, 0.3) is 10.2 Å². The Kier molecular flexibility index (Phi) is 4.41. The summed E-state index contributed by atoms with van der Waals surface area (Å²) in [5.41, 5.74) is -1.31. The highest BCUT2D eigenvalue weighted by Gasteiger charge is 2.50. The van der Waals surface area contributed by atoms with Crippen molar-refractivity contribution in [1.29, 1.82) is 0 Å². The van der Waals surface area contributed by atoms with E-state index in [9.17, 15) is 18.3 Å². The van der Waals surface area contributed by atoms with Gasteiger partial charge in [-0.15, -0.1) is 0 Å². The van der Waals surface area contributed by atoms with Crippen molar-refractivity contribution in [3.05, 3.63) is 0 Å². The summed E-state index contributed by atoms with van der Waals surface area (Å²) in [4.78, 5) is 11.6. The van der Waals surface area contributed by atoms with Crippen LogP contribution in [0.3, 0.4) is 0 Å². The summed E-state index contributed by atoms with van der Waals surface area (Å²) >= 11 is 0. The molecule has 2 heterocycles. The molecule has 7 heteroatoms. The number of nitrogens with zero attached hydrogens (tertiary/aromatic N) is 2. The molecule has 0 aromatic carbocycles. The molecule has 2 unspecified atom stereocenters. The minimum Gasteiger partial charge on any atom is -0.480 e. The Morgan fingerprint density at radius 3 is 2.45 bits per heavy atom. The van der Waals surface area contributed by atoms with Gasteiger partial charge in [-0.2, -0.15) is 17.0 Å². The van der Waals surface area contributed by atoms with Gasteiger partial charge >= 0.3 is 5.97 Å². The Morgan fingerprint density at radius 2 is 1.85 bits per heavy atom. The monoisotopic (exact) mass is 304 g/mol. The van der Waals surface area contributed by atoms with Crippen molar-refractivity contribution in [2.45, 2.75) is 64.0 Å². The minimum absolute atomic E-state index is 0.0475. The Hall–Kier alpha value is -0.660. The standard InChI is InChI=1S/C13H24N2O4S/c1-11-7-3-5-9-14(11)20(18,19)15-10-6-4-8-13(15,2)12(16)17/h11H,3-10H2,1-2H3,(H,16,17). The molecule has 0 saturated carbocycles. The van der Waals surface area contributed by atoms with E-state index in [0.29, 0.717) is 19.5 Å². The number of rotatable bonds is 3. The molecule has 2 aliphatic heterocycles. The fourth-order valence-corrected chi connectivity index (χ4v) is 5.43. The van der Waals surface area contributed by atoms with Crippen LogP contribution in [0, 0.1) is 0 Å². The fourth-order valence-electron chi connectivity index (χ4n) is 3.22. The lowest BCUT2D eigenvalue weighted by molar-refractivity contribution is -0.149. The summed E-state index contributed by atoms with van der Waals surface area (Å²) in [6, 6.07) is -0.0475. The van der Waals surface area contributed by atoms with E-state index in [4.69, 9.17) is 0 Å². The molecule has 2 fully saturated rings. The average Bonchev–Trinajstić information content (AvgIpc) is 2.39.